The predicted octanol–water partition coefficient (Wildman–Crippen LogP) is 4.34. The molecule has 0 bridgehead atoms. The van der Waals surface area contributed by atoms with Crippen molar-refractivity contribution in [3.63, 3.8) is 0 Å². The zero-order chi connectivity index (χ0) is 21.9. The largest absolute Gasteiger partial charge is 0.422 e. The molecule has 2 heterocycles. The quantitative estimate of drug-likeness (QED) is 0.458. The first kappa shape index (κ1) is 20.2. The summed E-state index contributed by atoms with van der Waals surface area (Å²) in [6.07, 6.45) is 0. The average Bonchev–Trinajstić information content (AvgIpc) is 2.85. The number of hydrogen-bond acceptors (Lipinski definition) is 4. The number of para-hydroxylation sites is 1. The summed E-state index contributed by atoms with van der Waals surface area (Å²) in [5, 5.41) is 0.752. The van der Waals surface area contributed by atoms with Gasteiger partial charge in [0.05, 0.1) is 6.04 Å². The van der Waals surface area contributed by atoms with E-state index in [9.17, 15) is 9.59 Å². The van der Waals surface area contributed by atoms with E-state index in [0.29, 0.717) is 18.7 Å². The maximum absolute atomic E-state index is 13.1. The lowest BCUT2D eigenvalue weighted by molar-refractivity contribution is 0.0593. The normalized spacial score (nSPS) is 14.7. The molecule has 1 saturated heterocycles. The van der Waals surface area contributed by atoms with Gasteiger partial charge in [-0.15, -0.1) is 0 Å². The van der Waals surface area contributed by atoms with Crippen molar-refractivity contribution in [3.8, 4) is 0 Å². The van der Waals surface area contributed by atoms with E-state index >= 15 is 0 Å². The molecular formula is C27H24N2O3. The number of benzene rings is 3. The van der Waals surface area contributed by atoms with Gasteiger partial charge in [0.1, 0.15) is 11.1 Å². The Morgan fingerprint density at radius 1 is 0.750 bits per heavy atom. The zero-order valence-electron chi connectivity index (χ0n) is 17.7. The van der Waals surface area contributed by atoms with Crippen LogP contribution in [0.25, 0.3) is 11.0 Å². The fourth-order valence-corrected chi connectivity index (χ4v) is 4.45. The smallest absolute Gasteiger partial charge is 0.349 e. The number of rotatable bonds is 4. The highest BCUT2D eigenvalue weighted by Crippen LogP contribution is 2.29. The maximum Gasteiger partial charge on any atom is 0.349 e. The molecule has 0 atom stereocenters. The van der Waals surface area contributed by atoms with Crippen LogP contribution in [0, 0.1) is 0 Å². The first-order valence-corrected chi connectivity index (χ1v) is 10.9. The molecule has 1 aromatic heterocycles. The van der Waals surface area contributed by atoms with Gasteiger partial charge in [0.2, 0.25) is 0 Å². The standard InChI is InChI=1S/C27H24N2O3/c30-26(23-19-22-13-7-8-14-24(22)32-27(23)31)29-17-15-28(16-18-29)25(20-9-3-1-4-10-20)21-11-5-2-6-12-21/h1-14,19,25H,15-18H2. The van der Waals surface area contributed by atoms with Crippen molar-refractivity contribution in [1.29, 1.82) is 0 Å². The number of carbonyl (C=O) groups is 1. The van der Waals surface area contributed by atoms with E-state index in [2.05, 4.69) is 53.4 Å². The van der Waals surface area contributed by atoms with Crippen molar-refractivity contribution < 1.29 is 9.21 Å². The number of carbonyl (C=O) groups excluding carboxylic acids is 1. The van der Waals surface area contributed by atoms with Crippen LogP contribution in [0.15, 0.2) is 100 Å². The van der Waals surface area contributed by atoms with Crippen molar-refractivity contribution in [1.82, 2.24) is 9.80 Å². The Balaban J connectivity index is 1.36. The van der Waals surface area contributed by atoms with Crippen LogP contribution in [-0.4, -0.2) is 41.9 Å². The molecule has 5 nitrogen and oxygen atoms in total. The number of piperazine rings is 1. The fourth-order valence-electron chi connectivity index (χ4n) is 4.45. The lowest BCUT2D eigenvalue weighted by Gasteiger charge is -2.39. The van der Waals surface area contributed by atoms with Crippen LogP contribution in [0.4, 0.5) is 0 Å². The summed E-state index contributed by atoms with van der Waals surface area (Å²) in [6, 6.07) is 29.9. The van der Waals surface area contributed by atoms with Gasteiger partial charge in [-0.1, -0.05) is 78.9 Å². The van der Waals surface area contributed by atoms with Gasteiger partial charge in [-0.25, -0.2) is 4.79 Å². The first-order valence-electron chi connectivity index (χ1n) is 10.9. The third kappa shape index (κ3) is 3.95. The van der Waals surface area contributed by atoms with Crippen LogP contribution in [-0.2, 0) is 0 Å². The van der Waals surface area contributed by atoms with E-state index in [4.69, 9.17) is 4.42 Å². The lowest BCUT2D eigenvalue weighted by atomic mass is 9.96. The van der Waals surface area contributed by atoms with Crippen molar-refractivity contribution in [3.05, 3.63) is 118 Å². The molecule has 1 fully saturated rings. The maximum atomic E-state index is 13.1. The minimum Gasteiger partial charge on any atom is -0.422 e. The van der Waals surface area contributed by atoms with Crippen LogP contribution >= 0.6 is 0 Å². The summed E-state index contributed by atoms with van der Waals surface area (Å²) in [4.78, 5) is 29.7. The number of fused-ring (bicyclic) bond motifs is 1. The third-order valence-electron chi connectivity index (χ3n) is 6.07. The Morgan fingerprint density at radius 3 is 1.94 bits per heavy atom. The van der Waals surface area contributed by atoms with E-state index < -0.39 is 5.63 Å². The minimum absolute atomic E-state index is 0.0971. The average molecular weight is 425 g/mol. The Hall–Kier alpha value is -3.70. The van der Waals surface area contributed by atoms with Gasteiger partial charge in [0.25, 0.3) is 5.91 Å². The molecule has 3 aromatic carbocycles. The molecule has 1 amide bonds. The molecule has 0 radical (unpaired) electrons. The van der Waals surface area contributed by atoms with Crippen molar-refractivity contribution in [2.24, 2.45) is 0 Å². The Bertz CT molecular complexity index is 1240. The van der Waals surface area contributed by atoms with Gasteiger partial charge in [-0.05, 0) is 23.3 Å². The molecule has 1 aliphatic heterocycles. The Labute approximate surface area is 186 Å². The first-order chi connectivity index (χ1) is 15.7. The summed E-state index contributed by atoms with van der Waals surface area (Å²) in [5.74, 6) is -0.264. The third-order valence-corrected chi connectivity index (χ3v) is 6.07. The monoisotopic (exact) mass is 424 g/mol. The molecule has 1 aliphatic rings. The van der Waals surface area contributed by atoms with E-state index in [1.807, 2.05) is 30.3 Å². The van der Waals surface area contributed by atoms with Crippen molar-refractivity contribution in [2.45, 2.75) is 6.04 Å². The molecule has 0 unspecified atom stereocenters. The van der Waals surface area contributed by atoms with Crippen molar-refractivity contribution in [2.75, 3.05) is 26.2 Å². The highest BCUT2D eigenvalue weighted by atomic mass is 16.4. The summed E-state index contributed by atoms with van der Waals surface area (Å²) in [5.41, 5.74) is 2.47. The lowest BCUT2D eigenvalue weighted by Crippen LogP contribution is -2.50. The van der Waals surface area contributed by atoms with Crippen LogP contribution in [0.1, 0.15) is 27.5 Å². The molecule has 32 heavy (non-hydrogen) atoms. The zero-order valence-corrected chi connectivity index (χ0v) is 17.7. The predicted molar refractivity (Wildman–Crippen MR) is 125 cm³/mol. The van der Waals surface area contributed by atoms with Gasteiger partial charge in [-0.3, -0.25) is 9.69 Å². The van der Waals surface area contributed by atoms with Gasteiger partial charge >= 0.3 is 5.63 Å². The summed E-state index contributed by atoms with van der Waals surface area (Å²) < 4.78 is 5.37. The second-order valence-electron chi connectivity index (χ2n) is 8.04. The SMILES string of the molecule is O=C(c1cc2ccccc2oc1=O)N1CCN(C(c2ccccc2)c2ccccc2)CC1. The van der Waals surface area contributed by atoms with Gasteiger partial charge in [0.15, 0.2) is 0 Å². The summed E-state index contributed by atoms with van der Waals surface area (Å²) in [7, 11) is 0. The van der Waals surface area contributed by atoms with Crippen LogP contribution < -0.4 is 5.63 Å². The molecule has 0 N–H and O–H groups in total. The molecule has 0 saturated carbocycles. The highest BCUT2D eigenvalue weighted by molar-refractivity contribution is 5.96. The van der Waals surface area contributed by atoms with E-state index in [1.165, 1.54) is 11.1 Å². The van der Waals surface area contributed by atoms with E-state index in [-0.39, 0.29) is 17.5 Å². The second kappa shape index (κ2) is 8.81. The van der Waals surface area contributed by atoms with Gasteiger partial charge < -0.3 is 9.32 Å². The van der Waals surface area contributed by atoms with E-state index in [1.54, 1.807) is 17.0 Å². The Morgan fingerprint density at radius 2 is 1.31 bits per heavy atom. The topological polar surface area (TPSA) is 53.8 Å². The van der Waals surface area contributed by atoms with Crippen molar-refractivity contribution >= 4 is 16.9 Å². The molecule has 0 spiro atoms. The molecule has 160 valence electrons. The summed E-state index contributed by atoms with van der Waals surface area (Å²) in [6.45, 7) is 2.56. The number of amides is 1. The van der Waals surface area contributed by atoms with Crippen LogP contribution in [0.5, 0.6) is 0 Å². The Kier molecular flexibility index (Phi) is 5.57. The molecule has 4 aromatic rings. The molecular weight excluding hydrogens is 400 g/mol. The molecule has 0 aliphatic carbocycles. The van der Waals surface area contributed by atoms with E-state index in [0.717, 1.165) is 18.5 Å². The van der Waals surface area contributed by atoms with Crippen LogP contribution in [0.3, 0.4) is 0 Å². The second-order valence-corrected chi connectivity index (χ2v) is 8.04. The van der Waals surface area contributed by atoms with Gasteiger partial charge in [-0.2, -0.15) is 0 Å². The fraction of sp³-hybridized carbons (Fsp3) is 0.185. The minimum atomic E-state index is -0.581. The molecule has 5 rings (SSSR count). The van der Waals surface area contributed by atoms with Gasteiger partial charge in [0, 0.05) is 31.6 Å². The highest BCUT2D eigenvalue weighted by Gasteiger charge is 2.29. The molecule has 5 heteroatoms. The van der Waals surface area contributed by atoms with Crippen LogP contribution in [0.2, 0.25) is 0 Å². The number of nitrogens with zero attached hydrogens (tertiary/aromatic N) is 2. The number of hydrogen-bond donors (Lipinski definition) is 0. The summed E-state index contributed by atoms with van der Waals surface area (Å²) >= 11 is 0.